The molecule has 1 unspecified atom stereocenters. The second-order valence-electron chi connectivity index (χ2n) is 3.36. The minimum Gasteiger partial charge on any atom is -0.397 e. The second-order valence-corrected chi connectivity index (χ2v) is 4.79. The quantitative estimate of drug-likeness (QED) is 0.752. The second kappa shape index (κ2) is 4.93. The topological polar surface area (TPSA) is 72.2 Å². The van der Waals surface area contributed by atoms with Gasteiger partial charge >= 0.3 is 0 Å². The summed E-state index contributed by atoms with van der Waals surface area (Å²) in [7, 11) is -1.13. The van der Waals surface area contributed by atoms with Crippen molar-refractivity contribution in [3.63, 3.8) is 0 Å². The Morgan fingerprint density at radius 1 is 1.53 bits per heavy atom. The number of carbonyl (C=O) groups is 1. The maximum atomic E-state index is 11.3. The van der Waals surface area contributed by atoms with Crippen LogP contribution in [0.2, 0.25) is 0 Å². The van der Waals surface area contributed by atoms with Gasteiger partial charge in [-0.05, 0) is 24.6 Å². The molecular formula is C10H14N2O2S. The molecule has 0 aromatic heterocycles. The molecule has 0 radical (unpaired) electrons. The zero-order chi connectivity index (χ0) is 11.4. The molecule has 15 heavy (non-hydrogen) atoms. The first-order valence-electron chi connectivity index (χ1n) is 4.45. The highest BCUT2D eigenvalue weighted by molar-refractivity contribution is 7.85. The van der Waals surface area contributed by atoms with Gasteiger partial charge in [0.1, 0.15) is 5.75 Å². The molecular weight excluding hydrogens is 212 g/mol. The summed E-state index contributed by atoms with van der Waals surface area (Å²) >= 11 is 0. The molecule has 1 amide bonds. The first-order valence-corrected chi connectivity index (χ1v) is 6.18. The number of amides is 1. The Bertz CT molecular complexity index is 404. The highest BCUT2D eigenvalue weighted by atomic mass is 32.2. The molecule has 0 bridgehead atoms. The minimum atomic E-state index is -1.13. The summed E-state index contributed by atoms with van der Waals surface area (Å²) in [6.45, 7) is 1.92. The Kier molecular flexibility index (Phi) is 3.85. The van der Waals surface area contributed by atoms with Crippen molar-refractivity contribution < 1.29 is 9.00 Å². The fourth-order valence-corrected chi connectivity index (χ4v) is 1.61. The molecule has 0 saturated heterocycles. The molecule has 0 aliphatic rings. The summed E-state index contributed by atoms with van der Waals surface area (Å²) < 4.78 is 10.8. The number of nitrogen functional groups attached to an aromatic ring is 1. The fourth-order valence-electron chi connectivity index (χ4n) is 1.17. The molecule has 1 atom stereocenters. The largest absolute Gasteiger partial charge is 0.397 e. The number of aryl methyl sites for hydroxylation is 1. The number of rotatable bonds is 3. The predicted octanol–water partition coefficient (Wildman–Crippen LogP) is 0.894. The van der Waals surface area contributed by atoms with Crippen LogP contribution in [0.25, 0.3) is 0 Å². The summed E-state index contributed by atoms with van der Waals surface area (Å²) in [5, 5.41) is 2.61. The molecule has 1 aromatic rings. The summed E-state index contributed by atoms with van der Waals surface area (Å²) in [5.74, 6) is -0.292. The fraction of sp³-hybridized carbons (Fsp3) is 0.300. The van der Waals surface area contributed by atoms with Gasteiger partial charge < -0.3 is 11.1 Å². The van der Waals surface area contributed by atoms with E-state index in [4.69, 9.17) is 5.73 Å². The van der Waals surface area contributed by atoms with Crippen LogP contribution in [0.15, 0.2) is 18.2 Å². The van der Waals surface area contributed by atoms with Crippen molar-refractivity contribution in [1.29, 1.82) is 0 Å². The van der Waals surface area contributed by atoms with Crippen molar-refractivity contribution >= 4 is 28.1 Å². The van der Waals surface area contributed by atoms with Crippen LogP contribution in [0.5, 0.6) is 0 Å². The lowest BCUT2D eigenvalue weighted by atomic mass is 10.2. The van der Waals surface area contributed by atoms with Crippen molar-refractivity contribution in [2.24, 2.45) is 0 Å². The molecule has 0 spiro atoms. The number of nitrogens with two attached hydrogens (primary N) is 1. The molecule has 3 N–H and O–H groups in total. The van der Waals surface area contributed by atoms with E-state index in [1.165, 1.54) is 6.26 Å². The summed E-state index contributed by atoms with van der Waals surface area (Å²) in [4.78, 5) is 11.3. The van der Waals surface area contributed by atoms with Crippen molar-refractivity contribution in [3.05, 3.63) is 23.8 Å². The first-order chi connectivity index (χ1) is 6.99. The van der Waals surface area contributed by atoms with Crippen molar-refractivity contribution in [2.75, 3.05) is 23.1 Å². The van der Waals surface area contributed by atoms with Crippen LogP contribution < -0.4 is 11.1 Å². The third-order valence-corrected chi connectivity index (χ3v) is 2.48. The van der Waals surface area contributed by atoms with Crippen LogP contribution in [0, 0.1) is 6.92 Å². The standard InChI is InChI=1S/C10H14N2O2S/c1-7-3-4-9(8(11)5-7)12-10(13)6-15(2)14/h3-5H,6,11H2,1-2H3,(H,12,13). The Morgan fingerprint density at radius 3 is 2.73 bits per heavy atom. The van der Waals surface area contributed by atoms with Gasteiger partial charge in [0.05, 0.1) is 11.4 Å². The number of anilines is 2. The van der Waals surface area contributed by atoms with Gasteiger partial charge in [0.15, 0.2) is 0 Å². The number of nitrogens with one attached hydrogen (secondary N) is 1. The maximum absolute atomic E-state index is 11.3. The molecule has 82 valence electrons. The summed E-state index contributed by atoms with van der Waals surface area (Å²) in [6.07, 6.45) is 1.48. The molecule has 5 heteroatoms. The van der Waals surface area contributed by atoms with Gasteiger partial charge in [0.2, 0.25) is 5.91 Å². The summed E-state index contributed by atoms with van der Waals surface area (Å²) in [5.41, 5.74) is 7.83. The Hall–Kier alpha value is -1.36. The molecule has 0 saturated carbocycles. The summed E-state index contributed by atoms with van der Waals surface area (Å²) in [6, 6.07) is 5.37. The molecule has 4 nitrogen and oxygen atoms in total. The monoisotopic (exact) mass is 226 g/mol. The van der Waals surface area contributed by atoms with Crippen molar-refractivity contribution in [2.45, 2.75) is 6.92 Å². The molecule has 0 heterocycles. The maximum Gasteiger partial charge on any atom is 0.237 e. The lowest BCUT2D eigenvalue weighted by molar-refractivity contribution is -0.113. The van der Waals surface area contributed by atoms with Gasteiger partial charge in [-0.25, -0.2) is 0 Å². The third kappa shape index (κ3) is 3.71. The van der Waals surface area contributed by atoms with E-state index in [9.17, 15) is 9.00 Å². The van der Waals surface area contributed by atoms with E-state index in [1.807, 2.05) is 13.0 Å². The lowest BCUT2D eigenvalue weighted by Crippen LogP contribution is -2.19. The van der Waals surface area contributed by atoms with Crippen LogP contribution in [0.3, 0.4) is 0 Å². The van der Waals surface area contributed by atoms with E-state index >= 15 is 0 Å². The van der Waals surface area contributed by atoms with Gasteiger partial charge in [-0.2, -0.15) is 0 Å². The number of carbonyl (C=O) groups excluding carboxylic acids is 1. The highest BCUT2D eigenvalue weighted by Gasteiger charge is 2.06. The van der Waals surface area contributed by atoms with Gasteiger partial charge in [0, 0.05) is 17.1 Å². The zero-order valence-electron chi connectivity index (χ0n) is 8.74. The van der Waals surface area contributed by atoms with Crippen LogP contribution in [-0.4, -0.2) is 22.1 Å². The predicted molar refractivity (Wildman–Crippen MR) is 63.2 cm³/mol. The van der Waals surface area contributed by atoms with Gasteiger partial charge in [-0.3, -0.25) is 9.00 Å². The van der Waals surface area contributed by atoms with Gasteiger partial charge in [-0.15, -0.1) is 0 Å². The smallest absolute Gasteiger partial charge is 0.237 e. The van der Waals surface area contributed by atoms with Crippen molar-refractivity contribution in [3.8, 4) is 0 Å². The van der Waals surface area contributed by atoms with Crippen LogP contribution in [-0.2, 0) is 15.6 Å². The molecule has 0 fully saturated rings. The number of benzene rings is 1. The molecule has 0 aliphatic carbocycles. The molecule has 0 aliphatic heterocycles. The molecule has 1 rings (SSSR count). The van der Waals surface area contributed by atoms with E-state index < -0.39 is 10.8 Å². The first kappa shape index (κ1) is 11.7. The average molecular weight is 226 g/mol. The van der Waals surface area contributed by atoms with Crippen LogP contribution in [0.1, 0.15) is 5.56 Å². The zero-order valence-corrected chi connectivity index (χ0v) is 9.56. The van der Waals surface area contributed by atoms with E-state index in [1.54, 1.807) is 12.1 Å². The third-order valence-electron chi connectivity index (χ3n) is 1.82. The van der Waals surface area contributed by atoms with Crippen LogP contribution >= 0.6 is 0 Å². The lowest BCUT2D eigenvalue weighted by Gasteiger charge is -2.07. The minimum absolute atomic E-state index is 0.00663. The van der Waals surface area contributed by atoms with Gasteiger partial charge in [0.25, 0.3) is 0 Å². The van der Waals surface area contributed by atoms with E-state index in [-0.39, 0.29) is 11.7 Å². The molecule has 1 aromatic carbocycles. The highest BCUT2D eigenvalue weighted by Crippen LogP contribution is 2.19. The number of hydrogen-bond donors (Lipinski definition) is 2. The van der Waals surface area contributed by atoms with Crippen molar-refractivity contribution in [1.82, 2.24) is 0 Å². The van der Waals surface area contributed by atoms with E-state index in [0.717, 1.165) is 5.56 Å². The Morgan fingerprint density at radius 2 is 2.20 bits per heavy atom. The van der Waals surface area contributed by atoms with E-state index in [0.29, 0.717) is 11.4 Å². The SMILES string of the molecule is Cc1ccc(NC(=O)CS(C)=O)c(N)c1. The normalized spacial score (nSPS) is 12.1. The Labute approximate surface area is 91.3 Å². The average Bonchev–Trinajstić information content (AvgIpc) is 2.08. The number of hydrogen-bond acceptors (Lipinski definition) is 3. The Balaban J connectivity index is 2.72. The van der Waals surface area contributed by atoms with Crippen LogP contribution in [0.4, 0.5) is 11.4 Å². The van der Waals surface area contributed by atoms with Gasteiger partial charge in [-0.1, -0.05) is 6.07 Å². The van der Waals surface area contributed by atoms with E-state index in [2.05, 4.69) is 5.32 Å².